The van der Waals surface area contributed by atoms with Gasteiger partial charge in [-0.05, 0) is 32.3 Å². The highest BCUT2D eigenvalue weighted by atomic mass is 35.5. The number of nitrogens with one attached hydrogen (secondary N) is 1. The van der Waals surface area contributed by atoms with Gasteiger partial charge in [0.2, 0.25) is 5.91 Å². The van der Waals surface area contributed by atoms with E-state index < -0.39 is 0 Å². The molecular formula is C18H27ClN4O. The van der Waals surface area contributed by atoms with Gasteiger partial charge in [0.05, 0.1) is 5.69 Å². The molecule has 1 aromatic heterocycles. The van der Waals surface area contributed by atoms with E-state index in [4.69, 9.17) is 5.73 Å². The van der Waals surface area contributed by atoms with E-state index in [1.165, 1.54) is 0 Å². The maximum absolute atomic E-state index is 11.9. The highest BCUT2D eigenvalue weighted by molar-refractivity contribution is 5.85. The minimum atomic E-state index is 0. The highest BCUT2D eigenvalue weighted by Gasteiger charge is 2.10. The normalized spacial score (nSPS) is 11.6. The van der Waals surface area contributed by atoms with Crippen LogP contribution in [0.2, 0.25) is 0 Å². The summed E-state index contributed by atoms with van der Waals surface area (Å²) in [6.45, 7) is 2.67. The van der Waals surface area contributed by atoms with Gasteiger partial charge in [-0.15, -0.1) is 12.4 Å². The van der Waals surface area contributed by atoms with Gasteiger partial charge in [0, 0.05) is 37.3 Å². The van der Waals surface area contributed by atoms with Crippen molar-refractivity contribution < 1.29 is 4.79 Å². The van der Waals surface area contributed by atoms with Gasteiger partial charge in [-0.2, -0.15) is 5.10 Å². The van der Waals surface area contributed by atoms with E-state index in [1.54, 1.807) is 4.90 Å². The summed E-state index contributed by atoms with van der Waals surface area (Å²) in [5, 5.41) is 7.43. The maximum Gasteiger partial charge on any atom is 0.222 e. The number of carbonyl (C=O) groups is 1. The molecule has 5 nitrogen and oxygen atoms in total. The van der Waals surface area contributed by atoms with Gasteiger partial charge in [-0.25, -0.2) is 0 Å². The largest absolute Gasteiger partial charge is 0.346 e. The van der Waals surface area contributed by atoms with Gasteiger partial charge in [-0.3, -0.25) is 9.89 Å². The number of hydrogen-bond acceptors (Lipinski definition) is 3. The number of amides is 1. The molecule has 2 aromatic rings. The lowest BCUT2D eigenvalue weighted by Crippen LogP contribution is -2.29. The summed E-state index contributed by atoms with van der Waals surface area (Å²) >= 11 is 0. The molecule has 1 atom stereocenters. The lowest BCUT2D eigenvalue weighted by atomic mass is 10.1. The Kier molecular flexibility index (Phi) is 8.50. The number of aromatic amines is 1. The molecule has 1 amide bonds. The summed E-state index contributed by atoms with van der Waals surface area (Å²) in [7, 11) is 1.85. The third-order valence-corrected chi connectivity index (χ3v) is 3.88. The fourth-order valence-electron chi connectivity index (χ4n) is 2.42. The number of aromatic nitrogens is 2. The number of halogens is 1. The number of benzene rings is 1. The number of hydrogen-bond donors (Lipinski definition) is 2. The van der Waals surface area contributed by atoms with E-state index >= 15 is 0 Å². The van der Waals surface area contributed by atoms with E-state index in [0.717, 1.165) is 42.8 Å². The second-order valence-electron chi connectivity index (χ2n) is 6.08. The number of nitrogens with zero attached hydrogens (tertiary/aromatic N) is 2. The topological polar surface area (TPSA) is 75.0 Å². The Morgan fingerprint density at radius 2 is 2.04 bits per heavy atom. The van der Waals surface area contributed by atoms with Crippen molar-refractivity contribution in [1.82, 2.24) is 15.1 Å². The Balaban J connectivity index is 0.00000288. The minimum absolute atomic E-state index is 0. The van der Waals surface area contributed by atoms with E-state index in [-0.39, 0.29) is 24.4 Å². The van der Waals surface area contributed by atoms with Gasteiger partial charge in [-0.1, -0.05) is 30.3 Å². The molecule has 0 aliphatic heterocycles. The molecule has 24 heavy (non-hydrogen) atoms. The zero-order chi connectivity index (χ0) is 16.7. The molecule has 132 valence electrons. The van der Waals surface area contributed by atoms with Crippen LogP contribution in [0.1, 0.15) is 31.9 Å². The van der Waals surface area contributed by atoms with E-state index in [0.29, 0.717) is 6.42 Å². The third-order valence-electron chi connectivity index (χ3n) is 3.88. The number of carbonyl (C=O) groups excluding carboxylic acids is 1. The first-order valence-corrected chi connectivity index (χ1v) is 8.15. The molecule has 0 aliphatic rings. The van der Waals surface area contributed by atoms with E-state index in [9.17, 15) is 4.79 Å². The average molecular weight is 351 g/mol. The molecule has 1 aromatic carbocycles. The molecule has 6 heteroatoms. The molecule has 2 rings (SSSR count). The number of rotatable bonds is 8. The molecule has 0 saturated heterocycles. The number of aryl methyl sites for hydroxylation is 1. The van der Waals surface area contributed by atoms with Crippen LogP contribution in [0.3, 0.4) is 0 Å². The summed E-state index contributed by atoms with van der Waals surface area (Å²) in [6.07, 6.45) is 3.06. The van der Waals surface area contributed by atoms with Crippen LogP contribution in [0.4, 0.5) is 0 Å². The predicted molar refractivity (Wildman–Crippen MR) is 100 cm³/mol. The van der Waals surface area contributed by atoms with Gasteiger partial charge >= 0.3 is 0 Å². The van der Waals surface area contributed by atoms with E-state index in [1.807, 2.05) is 44.3 Å². The van der Waals surface area contributed by atoms with Crippen molar-refractivity contribution in [3.63, 3.8) is 0 Å². The standard InChI is InChI=1S/C18H26N4O.ClH/c1-14(19)10-11-18(23)22(2)12-6-9-16-13-17(21-20-16)15-7-4-3-5-8-15;/h3-5,7-8,13-14H,6,9-12,19H2,1-2H3,(H,20,21);1H. The van der Waals surface area contributed by atoms with Gasteiger partial charge in [0.15, 0.2) is 0 Å². The molecule has 0 radical (unpaired) electrons. The smallest absolute Gasteiger partial charge is 0.222 e. The third kappa shape index (κ3) is 6.34. The number of H-pyrrole nitrogens is 1. The van der Waals surface area contributed by atoms with Crippen LogP contribution in [-0.2, 0) is 11.2 Å². The molecule has 1 heterocycles. The summed E-state index contributed by atoms with van der Waals surface area (Å²) in [5.41, 5.74) is 8.85. The Bertz CT molecular complexity index is 612. The fraction of sp³-hybridized carbons (Fsp3) is 0.444. The van der Waals surface area contributed by atoms with Crippen LogP contribution in [0.25, 0.3) is 11.3 Å². The maximum atomic E-state index is 11.9. The summed E-state index contributed by atoms with van der Waals surface area (Å²) in [4.78, 5) is 13.7. The first-order chi connectivity index (χ1) is 11.1. The van der Waals surface area contributed by atoms with Crippen LogP contribution in [0.15, 0.2) is 36.4 Å². The first kappa shape index (κ1) is 20.2. The summed E-state index contributed by atoms with van der Waals surface area (Å²) in [6, 6.07) is 12.3. The van der Waals surface area contributed by atoms with E-state index in [2.05, 4.69) is 16.3 Å². The Morgan fingerprint density at radius 3 is 2.71 bits per heavy atom. The molecule has 0 saturated carbocycles. The van der Waals surface area contributed by atoms with Gasteiger partial charge in [0.25, 0.3) is 0 Å². The molecule has 0 spiro atoms. The van der Waals surface area contributed by atoms with Crippen molar-refractivity contribution in [3.8, 4) is 11.3 Å². The summed E-state index contributed by atoms with van der Waals surface area (Å²) < 4.78 is 0. The SMILES string of the molecule is CC(N)CCC(=O)N(C)CCCc1cc(-c2ccccc2)n[nH]1.Cl. The quantitative estimate of drug-likeness (QED) is 0.768. The Morgan fingerprint density at radius 1 is 1.33 bits per heavy atom. The lowest BCUT2D eigenvalue weighted by Gasteiger charge is -2.17. The molecule has 0 bridgehead atoms. The average Bonchev–Trinajstić information content (AvgIpc) is 3.02. The van der Waals surface area contributed by atoms with Crippen molar-refractivity contribution in [3.05, 3.63) is 42.1 Å². The van der Waals surface area contributed by atoms with Crippen LogP contribution in [0.5, 0.6) is 0 Å². The van der Waals surface area contributed by atoms with Crippen molar-refractivity contribution in [1.29, 1.82) is 0 Å². The van der Waals surface area contributed by atoms with Crippen LogP contribution < -0.4 is 5.73 Å². The van der Waals surface area contributed by atoms with Crippen LogP contribution >= 0.6 is 12.4 Å². The van der Waals surface area contributed by atoms with Crippen molar-refractivity contribution in [2.45, 2.75) is 38.6 Å². The molecule has 0 aliphatic carbocycles. The van der Waals surface area contributed by atoms with Crippen molar-refractivity contribution >= 4 is 18.3 Å². The minimum Gasteiger partial charge on any atom is -0.346 e. The summed E-state index contributed by atoms with van der Waals surface area (Å²) in [5.74, 6) is 0.164. The monoisotopic (exact) mass is 350 g/mol. The van der Waals surface area contributed by atoms with Crippen LogP contribution in [0, 0.1) is 0 Å². The molecular weight excluding hydrogens is 324 g/mol. The zero-order valence-corrected chi connectivity index (χ0v) is 15.2. The van der Waals surface area contributed by atoms with Gasteiger partial charge < -0.3 is 10.6 Å². The Labute approximate surface area is 150 Å². The first-order valence-electron chi connectivity index (χ1n) is 8.15. The fourth-order valence-corrected chi connectivity index (χ4v) is 2.42. The molecule has 0 fully saturated rings. The van der Waals surface area contributed by atoms with Gasteiger partial charge in [0.1, 0.15) is 0 Å². The molecule has 1 unspecified atom stereocenters. The number of nitrogens with two attached hydrogens (primary N) is 1. The van der Waals surface area contributed by atoms with Crippen molar-refractivity contribution in [2.75, 3.05) is 13.6 Å². The van der Waals surface area contributed by atoms with Crippen molar-refractivity contribution in [2.24, 2.45) is 5.73 Å². The lowest BCUT2D eigenvalue weighted by molar-refractivity contribution is -0.130. The highest BCUT2D eigenvalue weighted by Crippen LogP contribution is 2.17. The van der Waals surface area contributed by atoms with Crippen LogP contribution in [-0.4, -0.2) is 40.6 Å². The molecule has 3 N–H and O–H groups in total. The predicted octanol–water partition coefficient (Wildman–Crippen LogP) is 3.02. The second kappa shape index (κ2) is 10.1. The second-order valence-corrected chi connectivity index (χ2v) is 6.08. The zero-order valence-electron chi connectivity index (χ0n) is 14.4. The Hall–Kier alpha value is -1.85.